The average molecular weight is 268 g/mol. The van der Waals surface area contributed by atoms with Crippen LogP contribution >= 0.6 is 0 Å². The normalized spacial score (nSPS) is 18.7. The molecule has 1 fully saturated rings. The maximum absolute atomic E-state index is 12.6. The molecule has 0 amide bonds. The number of carboxylic acids is 1. The van der Waals surface area contributed by atoms with E-state index < -0.39 is 20.6 Å². The Morgan fingerprint density at radius 1 is 1.28 bits per heavy atom. The van der Waals surface area contributed by atoms with Crippen LogP contribution in [0.2, 0.25) is 0 Å². The summed E-state index contributed by atoms with van der Waals surface area (Å²) in [6.45, 7) is 1.79. The molecule has 1 aliphatic rings. The van der Waals surface area contributed by atoms with Crippen molar-refractivity contribution in [3.8, 4) is 0 Å². The predicted octanol–water partition coefficient (Wildman–Crippen LogP) is 2.17. The lowest BCUT2D eigenvalue weighted by Crippen LogP contribution is -2.43. The summed E-state index contributed by atoms with van der Waals surface area (Å²) in [5.41, 5.74) is 0.814. The molecule has 18 heavy (non-hydrogen) atoms. The van der Waals surface area contributed by atoms with Crippen molar-refractivity contribution in [3.63, 3.8) is 0 Å². The van der Waals surface area contributed by atoms with Gasteiger partial charge in [0.25, 0.3) is 0 Å². The number of aryl methyl sites for hydroxylation is 1. The van der Waals surface area contributed by atoms with Crippen LogP contribution in [0.25, 0.3) is 0 Å². The minimum atomic E-state index is -3.82. The smallest absolute Gasteiger partial charge is 0.325 e. The van der Waals surface area contributed by atoms with E-state index in [4.69, 9.17) is 0 Å². The molecule has 1 N–H and O–H groups in total. The minimum Gasteiger partial charge on any atom is -0.480 e. The summed E-state index contributed by atoms with van der Waals surface area (Å²) in [4.78, 5) is 11.6. The van der Waals surface area contributed by atoms with E-state index in [1.807, 2.05) is 0 Å². The molecule has 0 aromatic heterocycles. The first-order valence-electron chi connectivity index (χ1n) is 5.95. The van der Waals surface area contributed by atoms with Crippen LogP contribution in [0.5, 0.6) is 0 Å². The topological polar surface area (TPSA) is 71.4 Å². The van der Waals surface area contributed by atoms with Crippen LogP contribution in [0.15, 0.2) is 29.2 Å². The number of hydrogen-bond donors (Lipinski definition) is 1. The van der Waals surface area contributed by atoms with Gasteiger partial charge in [-0.2, -0.15) is 0 Å². The van der Waals surface area contributed by atoms with E-state index in [1.54, 1.807) is 25.1 Å². The molecule has 1 aliphatic carbocycles. The SMILES string of the molecule is Cc1cccc(S(=O)(=O)C2(C(=O)O)CCCC2)c1. The molecule has 98 valence electrons. The molecule has 0 unspecified atom stereocenters. The Morgan fingerprint density at radius 2 is 1.89 bits per heavy atom. The van der Waals surface area contributed by atoms with Gasteiger partial charge >= 0.3 is 5.97 Å². The van der Waals surface area contributed by atoms with Crippen molar-refractivity contribution >= 4 is 15.8 Å². The number of benzene rings is 1. The maximum Gasteiger partial charge on any atom is 0.325 e. The van der Waals surface area contributed by atoms with Crippen molar-refractivity contribution in [1.82, 2.24) is 0 Å². The second kappa shape index (κ2) is 4.39. The quantitative estimate of drug-likeness (QED) is 0.912. The van der Waals surface area contributed by atoms with Crippen LogP contribution in [-0.2, 0) is 14.6 Å². The van der Waals surface area contributed by atoms with Crippen LogP contribution in [0, 0.1) is 6.92 Å². The Balaban J connectivity index is 2.57. The summed E-state index contributed by atoms with van der Waals surface area (Å²) in [7, 11) is -3.82. The maximum atomic E-state index is 12.6. The summed E-state index contributed by atoms with van der Waals surface area (Å²) >= 11 is 0. The molecule has 1 aromatic carbocycles. The van der Waals surface area contributed by atoms with Gasteiger partial charge < -0.3 is 5.11 Å². The summed E-state index contributed by atoms with van der Waals surface area (Å²) in [6, 6.07) is 6.46. The standard InChI is InChI=1S/C13H16O4S/c1-10-5-4-6-11(9-10)18(16,17)13(12(14)15)7-2-3-8-13/h4-6,9H,2-3,7-8H2,1H3,(H,14,15). The fourth-order valence-corrected chi connectivity index (χ4v) is 4.66. The van der Waals surface area contributed by atoms with Crippen LogP contribution in [0.3, 0.4) is 0 Å². The van der Waals surface area contributed by atoms with Gasteiger partial charge in [0, 0.05) is 0 Å². The van der Waals surface area contributed by atoms with Crippen molar-refractivity contribution in [2.24, 2.45) is 0 Å². The van der Waals surface area contributed by atoms with Crippen LogP contribution < -0.4 is 0 Å². The van der Waals surface area contributed by atoms with E-state index >= 15 is 0 Å². The molecule has 1 aromatic rings. The number of rotatable bonds is 3. The third kappa shape index (κ3) is 1.82. The lowest BCUT2D eigenvalue weighted by atomic mass is 10.1. The van der Waals surface area contributed by atoms with Gasteiger partial charge in [-0.05, 0) is 37.5 Å². The van der Waals surface area contributed by atoms with Crippen molar-refractivity contribution < 1.29 is 18.3 Å². The van der Waals surface area contributed by atoms with Crippen molar-refractivity contribution in [2.45, 2.75) is 42.2 Å². The molecule has 2 rings (SSSR count). The Labute approximate surface area is 107 Å². The summed E-state index contributed by atoms with van der Waals surface area (Å²) in [5.74, 6) is -1.22. The van der Waals surface area contributed by atoms with E-state index in [2.05, 4.69) is 0 Å². The highest BCUT2D eigenvalue weighted by Crippen LogP contribution is 2.40. The highest BCUT2D eigenvalue weighted by molar-refractivity contribution is 7.93. The van der Waals surface area contributed by atoms with E-state index in [1.165, 1.54) is 6.07 Å². The van der Waals surface area contributed by atoms with E-state index in [0.717, 1.165) is 5.56 Å². The summed E-state index contributed by atoms with van der Waals surface area (Å²) in [5, 5.41) is 9.35. The van der Waals surface area contributed by atoms with Gasteiger partial charge in [0.05, 0.1) is 4.90 Å². The largest absolute Gasteiger partial charge is 0.480 e. The van der Waals surface area contributed by atoms with E-state index in [-0.39, 0.29) is 17.7 Å². The molecule has 0 heterocycles. The molecule has 5 heteroatoms. The monoisotopic (exact) mass is 268 g/mol. The van der Waals surface area contributed by atoms with Crippen molar-refractivity contribution in [1.29, 1.82) is 0 Å². The van der Waals surface area contributed by atoms with Gasteiger partial charge in [0.1, 0.15) is 0 Å². The van der Waals surface area contributed by atoms with Gasteiger partial charge in [-0.1, -0.05) is 25.0 Å². The molecule has 0 aliphatic heterocycles. The lowest BCUT2D eigenvalue weighted by Gasteiger charge is -2.24. The molecular formula is C13H16O4S. The zero-order chi connectivity index (χ0) is 13.4. The van der Waals surface area contributed by atoms with Gasteiger partial charge in [-0.15, -0.1) is 0 Å². The molecule has 4 nitrogen and oxygen atoms in total. The van der Waals surface area contributed by atoms with Crippen LogP contribution in [0.1, 0.15) is 31.2 Å². The molecule has 1 saturated carbocycles. The van der Waals surface area contributed by atoms with Crippen LogP contribution in [0.4, 0.5) is 0 Å². The second-order valence-corrected chi connectivity index (χ2v) is 7.09. The fraction of sp³-hybridized carbons (Fsp3) is 0.462. The van der Waals surface area contributed by atoms with Crippen LogP contribution in [-0.4, -0.2) is 24.2 Å². The molecule has 0 radical (unpaired) electrons. The zero-order valence-corrected chi connectivity index (χ0v) is 11.0. The molecule has 0 bridgehead atoms. The number of carboxylic acid groups (broad SMARTS) is 1. The molecule has 0 atom stereocenters. The number of carbonyl (C=O) groups is 1. The Bertz CT molecular complexity index is 568. The van der Waals surface area contributed by atoms with Crippen molar-refractivity contribution in [3.05, 3.63) is 29.8 Å². The fourth-order valence-electron chi connectivity index (χ4n) is 2.55. The number of hydrogen-bond acceptors (Lipinski definition) is 3. The van der Waals surface area contributed by atoms with Gasteiger partial charge in [-0.25, -0.2) is 8.42 Å². The lowest BCUT2D eigenvalue weighted by molar-refractivity contribution is -0.139. The van der Waals surface area contributed by atoms with Gasteiger partial charge in [0.2, 0.25) is 0 Å². The van der Waals surface area contributed by atoms with Gasteiger partial charge in [0.15, 0.2) is 14.6 Å². The van der Waals surface area contributed by atoms with Gasteiger partial charge in [-0.3, -0.25) is 4.79 Å². The Hall–Kier alpha value is -1.36. The number of sulfone groups is 1. The summed E-state index contributed by atoms with van der Waals surface area (Å²) < 4.78 is 23.5. The van der Waals surface area contributed by atoms with Crippen molar-refractivity contribution in [2.75, 3.05) is 0 Å². The highest BCUT2D eigenvalue weighted by atomic mass is 32.2. The first-order valence-corrected chi connectivity index (χ1v) is 7.43. The predicted molar refractivity (Wildman–Crippen MR) is 67.2 cm³/mol. The summed E-state index contributed by atoms with van der Waals surface area (Å²) in [6.07, 6.45) is 1.71. The molecule has 0 spiro atoms. The molecule has 0 saturated heterocycles. The first kappa shape index (κ1) is 13.1. The Kier molecular flexibility index (Phi) is 3.19. The highest BCUT2D eigenvalue weighted by Gasteiger charge is 2.53. The zero-order valence-electron chi connectivity index (χ0n) is 10.2. The van der Waals surface area contributed by atoms with E-state index in [0.29, 0.717) is 12.8 Å². The Morgan fingerprint density at radius 3 is 2.39 bits per heavy atom. The third-order valence-corrected chi connectivity index (χ3v) is 6.10. The number of aliphatic carboxylic acids is 1. The molecular weight excluding hydrogens is 252 g/mol. The first-order chi connectivity index (χ1) is 8.40. The average Bonchev–Trinajstić information content (AvgIpc) is 2.79. The van der Waals surface area contributed by atoms with E-state index in [9.17, 15) is 18.3 Å². The minimum absolute atomic E-state index is 0.117. The second-order valence-electron chi connectivity index (χ2n) is 4.83. The third-order valence-electron chi connectivity index (χ3n) is 3.62.